The molecule has 4 heteroatoms. The van der Waals surface area contributed by atoms with E-state index in [4.69, 9.17) is 9.47 Å². The van der Waals surface area contributed by atoms with Gasteiger partial charge in [0.1, 0.15) is 17.2 Å². The van der Waals surface area contributed by atoms with Crippen LogP contribution in [0.25, 0.3) is 6.08 Å². The summed E-state index contributed by atoms with van der Waals surface area (Å²) in [5, 5.41) is 9.30. The van der Waals surface area contributed by atoms with Crippen LogP contribution in [-0.4, -0.2) is 25.1 Å². The maximum absolute atomic E-state index is 12.2. The van der Waals surface area contributed by atoms with E-state index in [-0.39, 0.29) is 16.9 Å². The van der Waals surface area contributed by atoms with E-state index in [2.05, 4.69) is 20.8 Å². The second-order valence-corrected chi connectivity index (χ2v) is 6.79. The molecule has 0 saturated heterocycles. The van der Waals surface area contributed by atoms with Crippen molar-refractivity contribution in [3.63, 3.8) is 0 Å². The molecule has 2 aromatic rings. The van der Waals surface area contributed by atoms with Crippen molar-refractivity contribution in [3.05, 3.63) is 59.2 Å². The molecule has 2 rings (SSSR count). The van der Waals surface area contributed by atoms with E-state index in [9.17, 15) is 9.90 Å². The lowest BCUT2D eigenvalue weighted by Crippen LogP contribution is -2.14. The summed E-state index contributed by atoms with van der Waals surface area (Å²) in [5.74, 6) is 1.44. The van der Waals surface area contributed by atoms with Crippen LogP contribution >= 0.6 is 0 Å². The fourth-order valence-corrected chi connectivity index (χ4v) is 2.66. The number of ketones is 1. The van der Waals surface area contributed by atoms with Crippen LogP contribution in [-0.2, 0) is 5.41 Å². The van der Waals surface area contributed by atoms with Gasteiger partial charge in [-0.15, -0.1) is 0 Å². The van der Waals surface area contributed by atoms with Crippen LogP contribution in [0.3, 0.4) is 0 Å². The van der Waals surface area contributed by atoms with E-state index in [1.165, 1.54) is 18.2 Å². The second kappa shape index (κ2) is 7.43. The normalized spacial score (nSPS) is 11.6. The first-order valence-electron chi connectivity index (χ1n) is 8.04. The van der Waals surface area contributed by atoms with E-state index in [0.717, 1.165) is 22.6 Å². The predicted molar refractivity (Wildman–Crippen MR) is 99.7 cm³/mol. The highest BCUT2D eigenvalue weighted by atomic mass is 16.5. The molecular formula is C21H24O4. The molecule has 1 N–H and O–H groups in total. The number of benzene rings is 2. The van der Waals surface area contributed by atoms with Crippen molar-refractivity contribution < 1.29 is 19.4 Å². The maximum atomic E-state index is 12.2. The number of hydrogen-bond acceptors (Lipinski definition) is 4. The molecule has 0 atom stereocenters. The first kappa shape index (κ1) is 18.6. The Morgan fingerprint density at radius 2 is 1.52 bits per heavy atom. The number of phenols is 1. The van der Waals surface area contributed by atoms with Gasteiger partial charge >= 0.3 is 0 Å². The van der Waals surface area contributed by atoms with Crippen molar-refractivity contribution in [1.29, 1.82) is 0 Å². The zero-order chi connectivity index (χ0) is 18.6. The lowest BCUT2D eigenvalue weighted by molar-refractivity contribution is 0.104. The first-order valence-corrected chi connectivity index (χ1v) is 8.04. The third-order valence-electron chi connectivity index (χ3n) is 3.86. The van der Waals surface area contributed by atoms with Crippen molar-refractivity contribution in [1.82, 2.24) is 0 Å². The number of methoxy groups -OCH3 is 2. The summed E-state index contributed by atoms with van der Waals surface area (Å²) in [4.78, 5) is 12.2. The van der Waals surface area contributed by atoms with E-state index in [1.807, 2.05) is 12.1 Å². The fourth-order valence-electron chi connectivity index (χ4n) is 2.66. The molecule has 0 aliphatic heterocycles. The van der Waals surface area contributed by atoms with E-state index in [0.29, 0.717) is 5.56 Å². The number of carbonyl (C=O) groups is 1. The summed E-state index contributed by atoms with van der Waals surface area (Å²) in [5.41, 5.74) is 2.17. The Morgan fingerprint density at radius 1 is 1.00 bits per heavy atom. The summed E-state index contributed by atoms with van der Waals surface area (Å²) in [7, 11) is 3.25. The van der Waals surface area contributed by atoms with Gasteiger partial charge in [-0.3, -0.25) is 4.79 Å². The molecule has 0 bridgehead atoms. The Hall–Kier alpha value is -2.75. The van der Waals surface area contributed by atoms with E-state index in [1.54, 1.807) is 32.4 Å². The Bertz CT molecular complexity index is 756. The number of rotatable bonds is 5. The molecule has 4 nitrogen and oxygen atoms in total. The Morgan fingerprint density at radius 3 is 1.96 bits per heavy atom. The van der Waals surface area contributed by atoms with Crippen molar-refractivity contribution in [2.24, 2.45) is 0 Å². The highest BCUT2D eigenvalue weighted by molar-refractivity contribution is 6.06. The number of aromatic hydroxyl groups is 1. The van der Waals surface area contributed by atoms with Gasteiger partial charge in [-0.25, -0.2) is 0 Å². The first-order chi connectivity index (χ1) is 11.8. The van der Waals surface area contributed by atoms with Crippen LogP contribution < -0.4 is 9.47 Å². The van der Waals surface area contributed by atoms with Gasteiger partial charge in [-0.05, 0) is 53.5 Å². The molecule has 0 fully saturated rings. The molecule has 2 aromatic carbocycles. The zero-order valence-electron chi connectivity index (χ0n) is 15.3. The van der Waals surface area contributed by atoms with Gasteiger partial charge in [-0.2, -0.15) is 0 Å². The minimum Gasteiger partial charge on any atom is -0.508 e. The lowest BCUT2D eigenvalue weighted by Gasteiger charge is -2.25. The number of phenolic OH excluding ortho intramolecular Hbond substituents is 1. The molecule has 132 valence electrons. The standard InChI is InChI=1S/C21H24O4/c1-21(2,3)20-18(24-4)12-14(13-19(20)25-5)6-11-17(23)15-7-9-16(22)10-8-15/h6-13,22H,1-5H3. The van der Waals surface area contributed by atoms with Gasteiger partial charge in [0.15, 0.2) is 5.78 Å². The molecule has 0 heterocycles. The summed E-state index contributed by atoms with van der Waals surface area (Å²) >= 11 is 0. The maximum Gasteiger partial charge on any atom is 0.185 e. The Balaban J connectivity index is 2.36. The van der Waals surface area contributed by atoms with Gasteiger partial charge < -0.3 is 14.6 Å². The average molecular weight is 340 g/mol. The minimum atomic E-state index is -0.141. The van der Waals surface area contributed by atoms with Crippen LogP contribution in [0.15, 0.2) is 42.5 Å². The quantitative estimate of drug-likeness (QED) is 0.638. The van der Waals surface area contributed by atoms with Gasteiger partial charge in [0.05, 0.1) is 14.2 Å². The molecule has 0 aliphatic rings. The van der Waals surface area contributed by atoms with Gasteiger partial charge in [0.25, 0.3) is 0 Å². The monoisotopic (exact) mass is 340 g/mol. The molecule has 0 amide bonds. The van der Waals surface area contributed by atoms with E-state index < -0.39 is 0 Å². The summed E-state index contributed by atoms with van der Waals surface area (Å²) < 4.78 is 11.1. The smallest absolute Gasteiger partial charge is 0.185 e. The van der Waals surface area contributed by atoms with Gasteiger partial charge in [-0.1, -0.05) is 26.8 Å². The highest BCUT2D eigenvalue weighted by Crippen LogP contribution is 2.40. The molecule has 0 radical (unpaired) electrons. The lowest BCUT2D eigenvalue weighted by atomic mass is 9.84. The van der Waals surface area contributed by atoms with Crippen LogP contribution in [0.2, 0.25) is 0 Å². The van der Waals surface area contributed by atoms with Crippen molar-refractivity contribution in [2.75, 3.05) is 14.2 Å². The highest BCUT2D eigenvalue weighted by Gasteiger charge is 2.24. The third kappa shape index (κ3) is 4.41. The second-order valence-electron chi connectivity index (χ2n) is 6.79. The number of hydrogen-bond donors (Lipinski definition) is 1. The molecule has 0 aliphatic carbocycles. The fraction of sp³-hybridized carbons (Fsp3) is 0.286. The number of ether oxygens (including phenoxy) is 2. The van der Waals surface area contributed by atoms with Crippen molar-refractivity contribution in [3.8, 4) is 17.2 Å². The van der Waals surface area contributed by atoms with Crippen LogP contribution in [0.1, 0.15) is 42.3 Å². The topological polar surface area (TPSA) is 55.8 Å². The van der Waals surface area contributed by atoms with Crippen LogP contribution in [0.4, 0.5) is 0 Å². The molecule has 0 spiro atoms. The van der Waals surface area contributed by atoms with Crippen molar-refractivity contribution in [2.45, 2.75) is 26.2 Å². The predicted octanol–water partition coefficient (Wildman–Crippen LogP) is 4.60. The molecule has 0 unspecified atom stereocenters. The Kier molecular flexibility index (Phi) is 5.52. The Labute approximate surface area is 148 Å². The minimum absolute atomic E-state index is 0.132. The summed E-state index contributed by atoms with van der Waals surface area (Å²) in [6.45, 7) is 6.28. The van der Waals surface area contributed by atoms with Crippen molar-refractivity contribution >= 4 is 11.9 Å². The summed E-state index contributed by atoms with van der Waals surface area (Å²) in [6, 6.07) is 9.95. The largest absolute Gasteiger partial charge is 0.508 e. The number of allylic oxidation sites excluding steroid dienone is 1. The average Bonchev–Trinajstić information content (AvgIpc) is 2.58. The van der Waals surface area contributed by atoms with Crippen LogP contribution in [0.5, 0.6) is 17.2 Å². The SMILES string of the molecule is COc1cc(C=CC(=O)c2ccc(O)cc2)cc(OC)c1C(C)(C)C. The van der Waals surface area contributed by atoms with Gasteiger partial charge in [0.2, 0.25) is 0 Å². The number of carbonyl (C=O) groups excluding carboxylic acids is 1. The molecule has 25 heavy (non-hydrogen) atoms. The van der Waals surface area contributed by atoms with Crippen LogP contribution in [0, 0.1) is 0 Å². The zero-order valence-corrected chi connectivity index (χ0v) is 15.3. The summed E-state index contributed by atoms with van der Waals surface area (Å²) in [6.07, 6.45) is 3.23. The molecule has 0 aromatic heterocycles. The third-order valence-corrected chi connectivity index (χ3v) is 3.86. The van der Waals surface area contributed by atoms with E-state index >= 15 is 0 Å². The molecule has 0 saturated carbocycles. The molecular weight excluding hydrogens is 316 g/mol. The van der Waals surface area contributed by atoms with Gasteiger partial charge in [0, 0.05) is 11.1 Å².